The normalized spacial score (nSPS) is 13.9. The van der Waals surface area contributed by atoms with Gasteiger partial charge in [0, 0.05) is 6.42 Å². The lowest BCUT2D eigenvalue weighted by atomic mass is 10.0. The molecule has 0 aliphatic carbocycles. The summed E-state index contributed by atoms with van der Waals surface area (Å²) in [6.45, 7) is 4.68. The number of nitrogens with one attached hydrogen (secondary N) is 1. The van der Waals surface area contributed by atoms with Crippen LogP contribution in [0.4, 0.5) is 0 Å². The van der Waals surface area contributed by atoms with Gasteiger partial charge in [0.1, 0.15) is 13.2 Å². The van der Waals surface area contributed by atoms with Crippen LogP contribution in [-0.4, -0.2) is 68.5 Å². The number of likely N-dealkylation sites (N-methyl/N-ethyl adjacent to an activating group) is 1. The summed E-state index contributed by atoms with van der Waals surface area (Å²) in [6, 6.07) is -0.904. The highest BCUT2D eigenvalue weighted by Gasteiger charge is 2.23. The van der Waals surface area contributed by atoms with Crippen molar-refractivity contribution in [3.63, 3.8) is 0 Å². The molecule has 2 N–H and O–H groups in total. The summed E-state index contributed by atoms with van der Waals surface area (Å²) >= 11 is 0. The highest BCUT2D eigenvalue weighted by molar-refractivity contribution is 7.45. The first-order valence-corrected chi connectivity index (χ1v) is 34.8. The van der Waals surface area contributed by atoms with E-state index >= 15 is 0 Å². The van der Waals surface area contributed by atoms with Crippen molar-refractivity contribution >= 4 is 13.7 Å². The maximum atomic E-state index is 13.0. The molecule has 8 nitrogen and oxygen atoms in total. The molecule has 76 heavy (non-hydrogen) atoms. The van der Waals surface area contributed by atoms with Crippen LogP contribution in [0.1, 0.15) is 335 Å². The second-order valence-electron chi connectivity index (χ2n) is 24.2. The standard InChI is InChI=1S/C67H131N2O6P/c1-6-8-10-12-14-16-18-20-22-24-26-28-30-32-33-34-35-37-39-41-43-45-47-49-51-53-55-57-59-61-67(71)68-65(64-75-76(72,73)74-63-62-69(3,4)5)66(70)60-58-56-54-52-50-48-46-44-42-40-38-36-31-29-27-25-23-21-19-17-15-13-11-9-7-2/h32-33,50,52,58,60,65-66,70H,6-31,34-49,51,53-57,59,61-64H2,1-5H3,(H-,68,71,72,73)/b33-32-,52-50+,60-58+. The number of unbranched alkanes of at least 4 members (excludes halogenated alkanes) is 45. The highest BCUT2D eigenvalue weighted by atomic mass is 31.2. The van der Waals surface area contributed by atoms with Crippen LogP contribution >= 0.6 is 7.82 Å². The minimum Gasteiger partial charge on any atom is -0.756 e. The van der Waals surface area contributed by atoms with Crippen LogP contribution in [0.15, 0.2) is 36.5 Å². The summed E-state index contributed by atoms with van der Waals surface area (Å²) in [4.78, 5) is 25.6. The molecule has 450 valence electrons. The molecule has 0 fully saturated rings. The van der Waals surface area contributed by atoms with E-state index in [4.69, 9.17) is 9.05 Å². The Morgan fingerprint density at radius 1 is 0.447 bits per heavy atom. The van der Waals surface area contributed by atoms with E-state index in [0.29, 0.717) is 17.4 Å². The van der Waals surface area contributed by atoms with E-state index in [1.54, 1.807) is 6.08 Å². The number of aliphatic hydroxyl groups is 1. The molecule has 0 aromatic rings. The van der Waals surface area contributed by atoms with Gasteiger partial charge in [-0.3, -0.25) is 9.36 Å². The number of carbonyl (C=O) groups is 1. The van der Waals surface area contributed by atoms with E-state index in [1.807, 2.05) is 27.2 Å². The van der Waals surface area contributed by atoms with Gasteiger partial charge in [-0.1, -0.05) is 307 Å². The first kappa shape index (κ1) is 74.7. The van der Waals surface area contributed by atoms with Crippen LogP contribution in [-0.2, 0) is 18.4 Å². The molecule has 0 bridgehead atoms. The van der Waals surface area contributed by atoms with Gasteiger partial charge >= 0.3 is 0 Å². The number of amides is 1. The smallest absolute Gasteiger partial charge is 0.268 e. The number of aliphatic hydroxyl groups excluding tert-OH is 1. The molecule has 0 aromatic heterocycles. The Labute approximate surface area is 474 Å². The molecule has 0 heterocycles. The Morgan fingerprint density at radius 3 is 1.07 bits per heavy atom. The molecule has 0 aromatic carbocycles. The average molecular weight is 1090 g/mol. The van der Waals surface area contributed by atoms with Crippen LogP contribution < -0.4 is 10.2 Å². The topological polar surface area (TPSA) is 108 Å². The molecule has 0 spiro atoms. The second-order valence-corrected chi connectivity index (χ2v) is 25.6. The Balaban J connectivity index is 4.12. The summed E-state index contributed by atoms with van der Waals surface area (Å²) in [5, 5.41) is 13.9. The molecule has 0 rings (SSSR count). The number of hydrogen-bond acceptors (Lipinski definition) is 6. The van der Waals surface area contributed by atoms with E-state index in [2.05, 4.69) is 43.5 Å². The van der Waals surface area contributed by atoms with Crippen molar-refractivity contribution < 1.29 is 32.9 Å². The zero-order valence-electron chi connectivity index (χ0n) is 51.5. The third kappa shape index (κ3) is 60.4. The number of phosphoric acid groups is 1. The molecular formula is C67H131N2O6P. The first-order valence-electron chi connectivity index (χ1n) is 33.4. The minimum absolute atomic E-state index is 0.00513. The quantitative estimate of drug-likeness (QED) is 0.0272. The summed E-state index contributed by atoms with van der Waals surface area (Å²) in [5.74, 6) is -0.202. The van der Waals surface area contributed by atoms with E-state index in [0.717, 1.165) is 38.5 Å². The molecule has 1 amide bonds. The van der Waals surface area contributed by atoms with Crippen molar-refractivity contribution in [3.8, 4) is 0 Å². The van der Waals surface area contributed by atoms with Gasteiger partial charge in [-0.05, 0) is 57.8 Å². The van der Waals surface area contributed by atoms with Gasteiger partial charge in [-0.15, -0.1) is 0 Å². The second kappa shape index (κ2) is 58.4. The lowest BCUT2D eigenvalue weighted by Crippen LogP contribution is -2.45. The highest BCUT2D eigenvalue weighted by Crippen LogP contribution is 2.38. The first-order chi connectivity index (χ1) is 37.0. The van der Waals surface area contributed by atoms with Gasteiger partial charge < -0.3 is 28.8 Å². The summed E-state index contributed by atoms with van der Waals surface area (Å²) < 4.78 is 23.4. The molecule has 3 atom stereocenters. The monoisotopic (exact) mass is 1090 g/mol. The number of hydrogen-bond donors (Lipinski definition) is 2. The maximum absolute atomic E-state index is 13.0. The molecule has 0 radical (unpaired) electrons. The van der Waals surface area contributed by atoms with E-state index in [-0.39, 0.29) is 19.1 Å². The molecule has 9 heteroatoms. The van der Waals surface area contributed by atoms with Crippen LogP contribution in [0.2, 0.25) is 0 Å². The van der Waals surface area contributed by atoms with Crippen molar-refractivity contribution in [1.82, 2.24) is 5.32 Å². The number of nitrogens with zero attached hydrogens (tertiary/aromatic N) is 1. The largest absolute Gasteiger partial charge is 0.756 e. The number of quaternary nitrogens is 1. The van der Waals surface area contributed by atoms with Gasteiger partial charge in [-0.2, -0.15) is 0 Å². The molecule has 0 aliphatic heterocycles. The fourth-order valence-corrected chi connectivity index (χ4v) is 10.8. The predicted molar refractivity (Wildman–Crippen MR) is 330 cm³/mol. The lowest BCUT2D eigenvalue weighted by molar-refractivity contribution is -0.870. The Kier molecular flexibility index (Phi) is 57.4. The third-order valence-electron chi connectivity index (χ3n) is 15.3. The molecule has 0 saturated carbocycles. The molecular weight excluding hydrogens is 960 g/mol. The summed E-state index contributed by atoms with van der Waals surface area (Å²) in [6.07, 6.45) is 76.9. The van der Waals surface area contributed by atoms with Crippen LogP contribution in [0, 0.1) is 0 Å². The van der Waals surface area contributed by atoms with Gasteiger partial charge in [0.05, 0.1) is 39.9 Å². The van der Waals surface area contributed by atoms with Gasteiger partial charge in [0.15, 0.2) is 0 Å². The number of allylic oxidation sites excluding steroid dienone is 5. The van der Waals surface area contributed by atoms with Crippen molar-refractivity contribution in [1.29, 1.82) is 0 Å². The SMILES string of the molecule is CCCCCCCCCCCCCC/C=C\CCCCCCCCCCCCCCCC(=O)NC(COP(=O)([O-])OCC[N+](C)(C)C)C(O)/C=C/CC/C=C/CCCCCCCCCCCCCCCCCCCCC. The number of phosphoric ester groups is 1. The van der Waals surface area contributed by atoms with Crippen LogP contribution in [0.25, 0.3) is 0 Å². The lowest BCUT2D eigenvalue weighted by Gasteiger charge is -2.29. The molecule has 3 unspecified atom stereocenters. The third-order valence-corrected chi connectivity index (χ3v) is 16.3. The minimum atomic E-state index is -4.61. The summed E-state index contributed by atoms with van der Waals surface area (Å²) in [7, 11) is 1.26. The van der Waals surface area contributed by atoms with Gasteiger partial charge in [-0.25, -0.2) is 0 Å². The number of carbonyl (C=O) groups excluding carboxylic acids is 1. The zero-order chi connectivity index (χ0) is 55.6. The summed E-state index contributed by atoms with van der Waals surface area (Å²) in [5.41, 5.74) is 0. The predicted octanol–water partition coefficient (Wildman–Crippen LogP) is 20.3. The van der Waals surface area contributed by atoms with Crippen LogP contribution in [0.3, 0.4) is 0 Å². The Hall–Kier alpha value is -1.28. The fourth-order valence-electron chi connectivity index (χ4n) is 10.1. The van der Waals surface area contributed by atoms with E-state index in [9.17, 15) is 19.4 Å². The van der Waals surface area contributed by atoms with Crippen molar-refractivity contribution in [3.05, 3.63) is 36.5 Å². The van der Waals surface area contributed by atoms with Crippen molar-refractivity contribution in [2.24, 2.45) is 0 Å². The zero-order valence-corrected chi connectivity index (χ0v) is 52.4. The van der Waals surface area contributed by atoms with E-state index < -0.39 is 20.0 Å². The Morgan fingerprint density at radius 2 is 0.737 bits per heavy atom. The maximum Gasteiger partial charge on any atom is 0.268 e. The van der Waals surface area contributed by atoms with Crippen LogP contribution in [0.5, 0.6) is 0 Å². The average Bonchev–Trinajstić information content (AvgIpc) is 3.38. The van der Waals surface area contributed by atoms with Crippen molar-refractivity contribution in [2.45, 2.75) is 347 Å². The Bertz CT molecular complexity index is 1330. The number of rotatable bonds is 62. The van der Waals surface area contributed by atoms with Gasteiger partial charge in [0.25, 0.3) is 7.82 Å². The fraction of sp³-hybridized carbons (Fsp3) is 0.896. The molecule has 0 aliphatic rings. The van der Waals surface area contributed by atoms with Gasteiger partial charge in [0.2, 0.25) is 5.91 Å². The molecule has 0 saturated heterocycles. The van der Waals surface area contributed by atoms with E-state index in [1.165, 1.54) is 276 Å². The van der Waals surface area contributed by atoms with Crippen molar-refractivity contribution in [2.75, 3.05) is 40.9 Å².